The predicted molar refractivity (Wildman–Crippen MR) is 151 cm³/mol. The van der Waals surface area contributed by atoms with E-state index in [0.29, 0.717) is 11.3 Å². The van der Waals surface area contributed by atoms with E-state index in [1.807, 2.05) is 27.8 Å². The van der Waals surface area contributed by atoms with Gasteiger partial charge in [-0.15, -0.1) is 0 Å². The molecule has 218 valence electrons. The van der Waals surface area contributed by atoms with Crippen molar-refractivity contribution in [3.63, 3.8) is 0 Å². The smallest absolute Gasteiger partial charge is 0.250 e. The summed E-state index contributed by atoms with van der Waals surface area (Å²) in [5.41, 5.74) is 0.189. The molecule has 0 aliphatic carbocycles. The highest BCUT2D eigenvalue weighted by atomic mass is 32.2. The molecule has 0 unspecified atom stereocenters. The maximum absolute atomic E-state index is 10.9. The molecule has 0 bridgehead atoms. The molecule has 0 radical (unpaired) electrons. The molecule has 0 aromatic heterocycles. The van der Waals surface area contributed by atoms with Crippen molar-refractivity contribution in [1.82, 2.24) is 14.3 Å². The van der Waals surface area contributed by atoms with E-state index < -0.39 is 30.1 Å². The molecule has 0 amide bonds. The second-order valence-corrected chi connectivity index (χ2v) is 16.2. The molecule has 0 aliphatic heterocycles. The lowest BCUT2D eigenvalue weighted by Crippen LogP contribution is -2.41. The third-order valence-electron chi connectivity index (χ3n) is 3.03. The fourth-order valence-corrected chi connectivity index (χ4v) is 4.16. The van der Waals surface area contributed by atoms with Crippen LogP contribution in [0.2, 0.25) is 0 Å². The summed E-state index contributed by atoms with van der Waals surface area (Å²) in [5.74, 6) is 0. The van der Waals surface area contributed by atoms with Gasteiger partial charge in [0.2, 0.25) is 30.1 Å². The molecule has 0 fully saturated rings. The van der Waals surface area contributed by atoms with Crippen LogP contribution >= 0.6 is 0 Å². The second kappa shape index (κ2) is 17.8. The average molecular weight is 571 g/mol. The first-order chi connectivity index (χ1) is 14.8. The van der Waals surface area contributed by atoms with Crippen molar-refractivity contribution in [2.24, 2.45) is 4.40 Å². The normalized spacial score (nSPS) is 12.3. The van der Waals surface area contributed by atoms with Crippen LogP contribution in [0.4, 0.5) is 0 Å². The molecule has 0 aliphatic rings. The molecular formula is C21H54N4O7S3. The zero-order valence-corrected chi connectivity index (χ0v) is 27.5. The second-order valence-electron chi connectivity index (χ2n) is 10.8. The number of hydrogen-bond acceptors (Lipinski definition) is 8. The van der Waals surface area contributed by atoms with Crippen molar-refractivity contribution in [3.05, 3.63) is 0 Å². The van der Waals surface area contributed by atoms with Crippen LogP contribution in [0.3, 0.4) is 0 Å². The molecule has 0 heterocycles. The van der Waals surface area contributed by atoms with Crippen LogP contribution in [-0.2, 0) is 30.1 Å². The summed E-state index contributed by atoms with van der Waals surface area (Å²) in [6.45, 7) is 20.6. The van der Waals surface area contributed by atoms with E-state index in [4.69, 9.17) is 5.11 Å². The topological polar surface area (TPSA) is 162 Å². The van der Waals surface area contributed by atoms with Gasteiger partial charge in [-0.25, -0.2) is 30.0 Å². The Morgan fingerprint density at radius 2 is 1.03 bits per heavy atom. The summed E-state index contributed by atoms with van der Waals surface area (Å²) in [6, 6.07) is 0. The first-order valence-corrected chi connectivity index (χ1v) is 16.2. The van der Waals surface area contributed by atoms with Crippen molar-refractivity contribution >= 4 is 35.8 Å². The van der Waals surface area contributed by atoms with Gasteiger partial charge in [0.25, 0.3) is 0 Å². The standard InChI is InChI=1S/C6H15NO2S.C5H13NO2S.C5H13N.C4H9NO2S.CH4O/c1-6(2,3)7(4)10(5,8)9;1-5(2,3)6-9(4,7)8;1-5(2,3)6-4;1-4(2)5-8(3,6)7;1-2/h1-5H3;6H,1-4H3;6H,1-4H3;1-3H3;2H,1H3. The fourth-order valence-electron chi connectivity index (χ4n) is 1.39. The minimum Gasteiger partial charge on any atom is -0.400 e. The van der Waals surface area contributed by atoms with Crippen molar-refractivity contribution < 1.29 is 30.4 Å². The Labute approximate surface area is 217 Å². The lowest BCUT2D eigenvalue weighted by atomic mass is 10.1. The summed E-state index contributed by atoms with van der Waals surface area (Å²) < 4.78 is 70.5. The molecule has 0 aromatic carbocycles. The lowest BCUT2D eigenvalue weighted by molar-refractivity contribution is 0.294. The van der Waals surface area contributed by atoms with E-state index >= 15 is 0 Å². The maximum atomic E-state index is 10.9. The Morgan fingerprint density at radius 1 is 0.743 bits per heavy atom. The van der Waals surface area contributed by atoms with Crippen molar-refractivity contribution in [2.75, 3.05) is 40.0 Å². The number of hydrogen-bond donors (Lipinski definition) is 3. The van der Waals surface area contributed by atoms with E-state index in [-0.39, 0.29) is 11.1 Å². The zero-order chi connectivity index (χ0) is 30.3. The van der Waals surface area contributed by atoms with E-state index in [9.17, 15) is 25.3 Å². The summed E-state index contributed by atoms with van der Waals surface area (Å²) >= 11 is 0. The van der Waals surface area contributed by atoms with Crippen LogP contribution in [0, 0.1) is 0 Å². The molecule has 35 heavy (non-hydrogen) atoms. The first-order valence-electron chi connectivity index (χ1n) is 10.6. The van der Waals surface area contributed by atoms with Gasteiger partial charge in [-0.3, -0.25) is 0 Å². The highest BCUT2D eigenvalue weighted by molar-refractivity contribution is 7.89. The molecule has 0 saturated heterocycles. The minimum atomic E-state index is -3.14. The highest BCUT2D eigenvalue weighted by Crippen LogP contribution is 2.13. The van der Waals surface area contributed by atoms with Gasteiger partial charge in [-0.05, 0) is 83.2 Å². The van der Waals surface area contributed by atoms with Crippen LogP contribution in [0.5, 0.6) is 0 Å². The summed E-state index contributed by atoms with van der Waals surface area (Å²) in [5, 5.41) is 10.1. The van der Waals surface area contributed by atoms with Crippen molar-refractivity contribution in [1.29, 1.82) is 0 Å². The van der Waals surface area contributed by atoms with Gasteiger partial charge in [-0.2, -0.15) is 8.70 Å². The van der Waals surface area contributed by atoms with E-state index in [1.165, 1.54) is 10.6 Å². The van der Waals surface area contributed by atoms with Crippen LogP contribution in [-0.4, -0.2) is 97.0 Å². The van der Waals surface area contributed by atoms with Crippen molar-refractivity contribution in [3.8, 4) is 0 Å². The molecule has 0 atom stereocenters. The number of aliphatic hydroxyl groups is 1. The van der Waals surface area contributed by atoms with Gasteiger partial charge >= 0.3 is 0 Å². The van der Waals surface area contributed by atoms with Gasteiger partial charge < -0.3 is 10.4 Å². The van der Waals surface area contributed by atoms with E-state index in [1.54, 1.807) is 41.7 Å². The van der Waals surface area contributed by atoms with Gasteiger partial charge in [0.1, 0.15) is 0 Å². The molecule has 0 saturated carbocycles. The van der Waals surface area contributed by atoms with Crippen molar-refractivity contribution in [2.45, 2.75) is 92.8 Å². The Morgan fingerprint density at radius 3 is 1.03 bits per heavy atom. The molecule has 0 spiro atoms. The molecule has 11 nitrogen and oxygen atoms in total. The quantitative estimate of drug-likeness (QED) is 0.434. The number of aliphatic hydroxyl groups excluding tert-OH is 1. The number of sulfonamides is 3. The summed E-state index contributed by atoms with van der Waals surface area (Å²) in [4.78, 5) is 0. The Balaban J connectivity index is -0.000000113. The monoisotopic (exact) mass is 570 g/mol. The van der Waals surface area contributed by atoms with Gasteiger partial charge in [0.15, 0.2) is 0 Å². The van der Waals surface area contributed by atoms with Crippen LogP contribution in [0.1, 0.15) is 76.2 Å². The van der Waals surface area contributed by atoms with E-state index in [2.05, 4.69) is 35.2 Å². The lowest BCUT2D eigenvalue weighted by Gasteiger charge is -2.29. The van der Waals surface area contributed by atoms with Gasteiger partial charge in [-0.1, -0.05) is 0 Å². The Kier molecular flexibility index (Phi) is 22.5. The number of rotatable bonds is 3. The van der Waals surface area contributed by atoms with E-state index in [0.717, 1.165) is 19.6 Å². The van der Waals surface area contributed by atoms with Crippen LogP contribution < -0.4 is 10.0 Å². The SMILES string of the molecule is CC(C)(C)NS(C)(=O)=O.CC(C)=NS(C)(=O)=O.CN(C(C)(C)C)S(C)(=O)=O.CNC(C)(C)C.CO. The average Bonchev–Trinajstić information content (AvgIpc) is 2.49. The largest absolute Gasteiger partial charge is 0.400 e. The van der Waals surface area contributed by atoms with Gasteiger partial charge in [0, 0.05) is 36.5 Å². The molecule has 0 aromatic rings. The first kappa shape index (κ1) is 44.4. The maximum Gasteiger partial charge on any atom is 0.250 e. The Hall–Kier alpha value is -0.640. The summed E-state index contributed by atoms with van der Waals surface area (Å²) in [7, 11) is -4.66. The predicted octanol–water partition coefficient (Wildman–Crippen LogP) is 2.05. The molecular weight excluding hydrogens is 516 g/mol. The summed E-state index contributed by atoms with van der Waals surface area (Å²) in [6.07, 6.45) is 3.43. The van der Waals surface area contributed by atoms with Crippen LogP contribution in [0.25, 0.3) is 0 Å². The molecule has 3 N–H and O–H groups in total. The number of nitrogens with zero attached hydrogens (tertiary/aromatic N) is 2. The highest BCUT2D eigenvalue weighted by Gasteiger charge is 2.24. The molecule has 0 rings (SSSR count). The fraction of sp³-hybridized carbons (Fsp3) is 0.952. The third kappa shape index (κ3) is 51.0. The molecule has 14 heteroatoms. The van der Waals surface area contributed by atoms with Crippen LogP contribution in [0.15, 0.2) is 4.40 Å². The third-order valence-corrected chi connectivity index (χ3v) is 6.25. The Bertz CT molecular complexity index is 888. The number of nitrogens with one attached hydrogen (secondary N) is 2. The van der Waals surface area contributed by atoms with Gasteiger partial charge in [0.05, 0.1) is 18.8 Å². The zero-order valence-electron chi connectivity index (χ0n) is 25.0. The minimum absolute atomic E-state index is 0.292.